The molecule has 30 heavy (non-hydrogen) atoms. The quantitative estimate of drug-likeness (QED) is 0.712. The fraction of sp³-hybridized carbons (Fsp3) is 0.650. The molecule has 0 N–H and O–H groups in total. The minimum absolute atomic E-state index is 0.277. The molecule has 10 heteroatoms. The van der Waals surface area contributed by atoms with Gasteiger partial charge in [-0.1, -0.05) is 0 Å². The molecule has 5 rings (SSSR count). The number of likely N-dealkylation sites (N-methyl/N-ethyl adjacent to an activating group) is 1. The normalized spacial score (nSPS) is 23.6. The SMILES string of the molecule is CN1CCN(S(=O)(=O)c2ccc(N3CCCC(c4nnc5n4CCC5)C3)nc2)CC1. The summed E-state index contributed by atoms with van der Waals surface area (Å²) in [5.41, 5.74) is 0. The van der Waals surface area contributed by atoms with E-state index >= 15 is 0 Å². The smallest absolute Gasteiger partial charge is 0.244 e. The van der Waals surface area contributed by atoms with Crippen LogP contribution in [0.2, 0.25) is 0 Å². The molecule has 0 aromatic carbocycles. The van der Waals surface area contributed by atoms with Gasteiger partial charge in [-0.2, -0.15) is 4.31 Å². The van der Waals surface area contributed by atoms with E-state index in [4.69, 9.17) is 0 Å². The molecule has 0 bridgehead atoms. The maximum absolute atomic E-state index is 12.9. The zero-order chi connectivity index (χ0) is 20.7. The molecule has 3 aliphatic heterocycles. The molecule has 162 valence electrons. The lowest BCUT2D eigenvalue weighted by molar-refractivity contribution is 0.222. The van der Waals surface area contributed by atoms with Crippen LogP contribution in [0.4, 0.5) is 5.82 Å². The van der Waals surface area contributed by atoms with Gasteiger partial charge < -0.3 is 14.4 Å². The zero-order valence-electron chi connectivity index (χ0n) is 17.4. The fourth-order valence-corrected chi connectivity index (χ4v) is 6.13. The van der Waals surface area contributed by atoms with Crippen LogP contribution in [0.3, 0.4) is 0 Å². The second-order valence-corrected chi connectivity index (χ2v) is 10.5. The van der Waals surface area contributed by atoms with Crippen molar-refractivity contribution < 1.29 is 8.42 Å². The molecule has 0 amide bonds. The Hall–Kier alpha value is -2.04. The van der Waals surface area contributed by atoms with Gasteiger partial charge in [0.1, 0.15) is 22.4 Å². The van der Waals surface area contributed by atoms with Crippen molar-refractivity contribution in [2.75, 3.05) is 51.2 Å². The van der Waals surface area contributed by atoms with Crippen molar-refractivity contribution in [1.29, 1.82) is 0 Å². The molecule has 2 aromatic heterocycles. The molecule has 3 aliphatic rings. The van der Waals surface area contributed by atoms with E-state index in [-0.39, 0.29) is 4.90 Å². The van der Waals surface area contributed by atoms with Gasteiger partial charge in [0.15, 0.2) is 0 Å². The van der Waals surface area contributed by atoms with E-state index in [2.05, 4.69) is 29.5 Å². The Morgan fingerprint density at radius 3 is 2.60 bits per heavy atom. The summed E-state index contributed by atoms with van der Waals surface area (Å²) < 4.78 is 29.7. The minimum atomic E-state index is -3.48. The van der Waals surface area contributed by atoms with Gasteiger partial charge in [-0.05, 0) is 38.4 Å². The molecule has 1 atom stereocenters. The van der Waals surface area contributed by atoms with E-state index in [0.717, 1.165) is 75.9 Å². The molecule has 0 saturated carbocycles. The third-order valence-electron chi connectivity index (χ3n) is 6.57. The summed E-state index contributed by atoms with van der Waals surface area (Å²) in [5.74, 6) is 3.38. The Bertz CT molecular complexity index is 997. The average molecular weight is 432 g/mol. The Labute approximate surface area is 177 Å². The van der Waals surface area contributed by atoms with E-state index in [1.165, 1.54) is 6.20 Å². The highest BCUT2D eigenvalue weighted by molar-refractivity contribution is 7.89. The molecule has 0 aliphatic carbocycles. The van der Waals surface area contributed by atoms with Crippen LogP contribution in [-0.4, -0.2) is 83.7 Å². The van der Waals surface area contributed by atoms with Gasteiger partial charge >= 0.3 is 0 Å². The number of fused-ring (bicyclic) bond motifs is 1. The molecular weight excluding hydrogens is 402 g/mol. The highest BCUT2D eigenvalue weighted by Crippen LogP contribution is 2.30. The lowest BCUT2D eigenvalue weighted by atomic mass is 9.97. The van der Waals surface area contributed by atoms with Gasteiger partial charge in [0.25, 0.3) is 0 Å². The van der Waals surface area contributed by atoms with E-state index in [1.54, 1.807) is 10.4 Å². The summed E-state index contributed by atoms with van der Waals surface area (Å²) in [5, 5.41) is 8.83. The van der Waals surface area contributed by atoms with Crippen LogP contribution < -0.4 is 4.90 Å². The molecule has 1 unspecified atom stereocenters. The Morgan fingerprint density at radius 1 is 1.00 bits per heavy atom. The summed E-state index contributed by atoms with van der Waals surface area (Å²) in [6, 6.07) is 3.55. The van der Waals surface area contributed by atoms with Crippen LogP contribution in [0.15, 0.2) is 23.2 Å². The van der Waals surface area contributed by atoms with Crippen LogP contribution in [0.5, 0.6) is 0 Å². The standard InChI is InChI=1S/C20H29N7O2S/c1-24-10-12-26(13-11-24)30(28,29)17-6-7-18(21-14-17)25-8-2-4-16(15-25)20-23-22-19-5-3-9-27(19)20/h6-7,14,16H,2-5,8-13,15H2,1H3. The van der Waals surface area contributed by atoms with Crippen molar-refractivity contribution in [3.8, 4) is 0 Å². The summed E-state index contributed by atoms with van der Waals surface area (Å²) in [4.78, 5) is 9.20. The number of piperidine rings is 1. The number of hydrogen-bond acceptors (Lipinski definition) is 7. The number of anilines is 1. The third kappa shape index (κ3) is 3.61. The number of rotatable bonds is 4. The van der Waals surface area contributed by atoms with Gasteiger partial charge in [0, 0.05) is 64.3 Å². The average Bonchev–Trinajstić information content (AvgIpc) is 3.38. The number of piperazine rings is 1. The lowest BCUT2D eigenvalue weighted by Crippen LogP contribution is -2.47. The molecular formula is C20H29N7O2S. The van der Waals surface area contributed by atoms with Crippen LogP contribution >= 0.6 is 0 Å². The Kier molecular flexibility index (Phi) is 5.24. The van der Waals surface area contributed by atoms with E-state index in [9.17, 15) is 8.42 Å². The van der Waals surface area contributed by atoms with Crippen LogP contribution in [0.25, 0.3) is 0 Å². The van der Waals surface area contributed by atoms with Crippen LogP contribution in [-0.2, 0) is 23.0 Å². The summed E-state index contributed by atoms with van der Waals surface area (Å²) in [7, 11) is -1.47. The topological polar surface area (TPSA) is 87.5 Å². The highest BCUT2D eigenvalue weighted by atomic mass is 32.2. The van der Waals surface area contributed by atoms with Gasteiger partial charge in [-0.25, -0.2) is 13.4 Å². The lowest BCUT2D eigenvalue weighted by Gasteiger charge is -2.33. The fourth-order valence-electron chi connectivity index (χ4n) is 4.76. The number of aryl methyl sites for hydroxylation is 1. The van der Waals surface area contributed by atoms with Crippen molar-refractivity contribution in [3.05, 3.63) is 30.0 Å². The van der Waals surface area contributed by atoms with Gasteiger partial charge in [0.2, 0.25) is 10.0 Å². The number of aromatic nitrogens is 4. The van der Waals surface area contributed by atoms with Crippen molar-refractivity contribution >= 4 is 15.8 Å². The second kappa shape index (κ2) is 7.90. The first kappa shape index (κ1) is 19.9. The maximum atomic E-state index is 12.9. The Balaban J connectivity index is 1.30. The van der Waals surface area contributed by atoms with Crippen molar-refractivity contribution in [3.63, 3.8) is 0 Å². The van der Waals surface area contributed by atoms with Gasteiger partial charge in [-0.3, -0.25) is 0 Å². The molecule has 2 saturated heterocycles. The molecule has 5 heterocycles. The predicted octanol–water partition coefficient (Wildman–Crippen LogP) is 0.939. The van der Waals surface area contributed by atoms with Gasteiger partial charge in [0.05, 0.1) is 0 Å². The summed E-state index contributed by atoms with van der Waals surface area (Å²) >= 11 is 0. The minimum Gasteiger partial charge on any atom is -0.356 e. The predicted molar refractivity (Wildman–Crippen MR) is 113 cm³/mol. The van der Waals surface area contributed by atoms with Crippen LogP contribution in [0, 0.1) is 0 Å². The van der Waals surface area contributed by atoms with E-state index in [1.807, 2.05) is 13.1 Å². The molecule has 0 spiro atoms. The monoisotopic (exact) mass is 431 g/mol. The number of nitrogens with zero attached hydrogens (tertiary/aromatic N) is 7. The second-order valence-electron chi connectivity index (χ2n) is 8.57. The van der Waals surface area contributed by atoms with Crippen molar-refractivity contribution in [2.24, 2.45) is 0 Å². The van der Waals surface area contributed by atoms with Crippen molar-refractivity contribution in [2.45, 2.75) is 43.0 Å². The third-order valence-corrected chi connectivity index (χ3v) is 8.45. The van der Waals surface area contributed by atoms with Crippen molar-refractivity contribution in [1.82, 2.24) is 29.0 Å². The first-order chi connectivity index (χ1) is 14.5. The highest BCUT2D eigenvalue weighted by Gasteiger charge is 2.30. The Morgan fingerprint density at radius 2 is 1.83 bits per heavy atom. The van der Waals surface area contributed by atoms with Gasteiger partial charge in [-0.15, -0.1) is 10.2 Å². The number of hydrogen-bond donors (Lipinski definition) is 0. The summed E-state index contributed by atoms with van der Waals surface area (Å²) in [6.45, 7) is 5.35. The number of pyridine rings is 1. The first-order valence-electron chi connectivity index (χ1n) is 10.8. The van der Waals surface area contributed by atoms with E-state index < -0.39 is 10.0 Å². The van der Waals surface area contributed by atoms with E-state index in [0.29, 0.717) is 19.0 Å². The first-order valence-corrected chi connectivity index (χ1v) is 12.3. The molecule has 2 fully saturated rings. The maximum Gasteiger partial charge on any atom is 0.244 e. The number of sulfonamides is 1. The largest absolute Gasteiger partial charge is 0.356 e. The van der Waals surface area contributed by atoms with Crippen LogP contribution in [0.1, 0.15) is 36.8 Å². The zero-order valence-corrected chi connectivity index (χ0v) is 18.3. The molecule has 9 nitrogen and oxygen atoms in total. The molecule has 2 aromatic rings. The summed E-state index contributed by atoms with van der Waals surface area (Å²) in [6.07, 6.45) is 5.86. The molecule has 0 radical (unpaired) electrons.